The average Bonchev–Trinajstić information content (AvgIpc) is 2.46. The van der Waals surface area contributed by atoms with E-state index >= 15 is 0 Å². The van der Waals surface area contributed by atoms with E-state index in [1.165, 1.54) is 0 Å². The van der Waals surface area contributed by atoms with Gasteiger partial charge in [-0.2, -0.15) is 0 Å². The highest BCUT2D eigenvalue weighted by molar-refractivity contribution is 9.10. The van der Waals surface area contributed by atoms with Gasteiger partial charge in [0.05, 0.1) is 5.75 Å². The van der Waals surface area contributed by atoms with Gasteiger partial charge in [-0.3, -0.25) is 4.79 Å². The summed E-state index contributed by atoms with van der Waals surface area (Å²) in [5.41, 5.74) is 0.656. The number of aliphatic hydroxyl groups is 1. The Morgan fingerprint density at radius 1 is 1.25 bits per heavy atom. The van der Waals surface area contributed by atoms with Crippen molar-refractivity contribution in [2.75, 3.05) is 18.9 Å². The number of aliphatic hydroxyl groups excluding tert-OH is 1. The van der Waals surface area contributed by atoms with Gasteiger partial charge < -0.3 is 10.4 Å². The van der Waals surface area contributed by atoms with Crippen molar-refractivity contribution < 1.29 is 18.3 Å². The fraction of sp³-hybridized carbons (Fsp3) is 0.588. The van der Waals surface area contributed by atoms with E-state index in [2.05, 4.69) is 35.1 Å². The van der Waals surface area contributed by atoms with Crippen molar-refractivity contribution in [3.63, 3.8) is 0 Å². The Hall–Kier alpha value is -0.920. The number of halogens is 1. The molecule has 0 radical (unpaired) electrons. The molecule has 1 amide bonds. The summed E-state index contributed by atoms with van der Waals surface area (Å²) in [4.78, 5) is 11.9. The van der Waals surface area contributed by atoms with Crippen LogP contribution in [0.15, 0.2) is 28.7 Å². The lowest BCUT2D eigenvalue weighted by molar-refractivity contribution is -0.118. The van der Waals surface area contributed by atoms with Crippen LogP contribution in [0.2, 0.25) is 0 Å². The second-order valence-corrected chi connectivity index (χ2v) is 9.45. The second-order valence-electron chi connectivity index (χ2n) is 6.47. The Morgan fingerprint density at radius 3 is 2.42 bits per heavy atom. The number of carbonyl (C=O) groups is 1. The van der Waals surface area contributed by atoms with Crippen LogP contribution in [0.5, 0.6) is 0 Å². The maximum atomic E-state index is 12.1. The average molecular weight is 420 g/mol. The van der Waals surface area contributed by atoms with Crippen LogP contribution in [-0.2, 0) is 20.4 Å². The molecule has 7 heteroatoms. The predicted octanol–water partition coefficient (Wildman–Crippen LogP) is 2.52. The van der Waals surface area contributed by atoms with Crippen LogP contribution in [0, 0.1) is 11.8 Å². The standard InChI is InChI=1S/C17H26BrNO4S/c1-13(2)9-15(7-8-20)10-19-17(21)12-24(22,23)11-14-3-5-16(18)6-4-14/h3-6,13,15,20H,7-12H2,1-2H3,(H,19,21). The van der Waals surface area contributed by atoms with E-state index in [4.69, 9.17) is 5.11 Å². The molecule has 0 bridgehead atoms. The Balaban J connectivity index is 2.51. The molecule has 1 rings (SSSR count). The maximum absolute atomic E-state index is 12.1. The number of amides is 1. The van der Waals surface area contributed by atoms with Crippen molar-refractivity contribution in [3.8, 4) is 0 Å². The Kier molecular flexibility index (Phi) is 8.94. The Bertz CT molecular complexity index is 614. The fourth-order valence-corrected chi connectivity index (χ4v) is 4.12. The van der Waals surface area contributed by atoms with Crippen molar-refractivity contribution in [2.24, 2.45) is 11.8 Å². The molecule has 0 heterocycles. The van der Waals surface area contributed by atoms with Crippen molar-refractivity contribution >= 4 is 31.7 Å². The third-order valence-corrected chi connectivity index (χ3v) is 5.58. The SMILES string of the molecule is CC(C)CC(CCO)CNC(=O)CS(=O)(=O)Cc1ccc(Br)cc1. The largest absolute Gasteiger partial charge is 0.396 e. The molecule has 0 aromatic heterocycles. The van der Waals surface area contributed by atoms with Gasteiger partial charge in [0.2, 0.25) is 5.91 Å². The molecule has 1 unspecified atom stereocenters. The first-order valence-electron chi connectivity index (χ1n) is 8.04. The summed E-state index contributed by atoms with van der Waals surface area (Å²) in [6.07, 6.45) is 1.48. The summed E-state index contributed by atoms with van der Waals surface area (Å²) in [5.74, 6) is -0.539. The molecule has 0 spiro atoms. The summed E-state index contributed by atoms with van der Waals surface area (Å²) in [6, 6.07) is 6.99. The topological polar surface area (TPSA) is 83.5 Å². The molecule has 1 aromatic carbocycles. The summed E-state index contributed by atoms with van der Waals surface area (Å²) in [5, 5.41) is 11.8. The molecule has 136 valence electrons. The first kappa shape index (κ1) is 21.1. The molecule has 0 aliphatic carbocycles. The third kappa shape index (κ3) is 8.80. The monoisotopic (exact) mass is 419 g/mol. The van der Waals surface area contributed by atoms with Gasteiger partial charge in [-0.15, -0.1) is 0 Å². The quantitative estimate of drug-likeness (QED) is 0.610. The van der Waals surface area contributed by atoms with Gasteiger partial charge in [0, 0.05) is 17.6 Å². The molecule has 0 fully saturated rings. The van der Waals surface area contributed by atoms with Crippen LogP contribution in [0.4, 0.5) is 0 Å². The van der Waals surface area contributed by atoms with Crippen LogP contribution in [0.3, 0.4) is 0 Å². The lowest BCUT2D eigenvalue weighted by Crippen LogP contribution is -2.35. The lowest BCUT2D eigenvalue weighted by atomic mass is 9.94. The number of carbonyl (C=O) groups excluding carboxylic acids is 1. The molecule has 0 saturated heterocycles. The van der Waals surface area contributed by atoms with Crippen LogP contribution in [-0.4, -0.2) is 38.3 Å². The van der Waals surface area contributed by atoms with Crippen molar-refractivity contribution in [2.45, 2.75) is 32.4 Å². The zero-order valence-electron chi connectivity index (χ0n) is 14.2. The van der Waals surface area contributed by atoms with Gasteiger partial charge in [-0.05, 0) is 42.4 Å². The van der Waals surface area contributed by atoms with Gasteiger partial charge in [0.15, 0.2) is 9.84 Å². The van der Waals surface area contributed by atoms with Crippen molar-refractivity contribution in [1.82, 2.24) is 5.32 Å². The number of sulfone groups is 1. The number of benzene rings is 1. The van der Waals surface area contributed by atoms with Gasteiger partial charge in [0.1, 0.15) is 5.75 Å². The molecule has 0 aliphatic rings. The van der Waals surface area contributed by atoms with Gasteiger partial charge in [-0.1, -0.05) is 41.9 Å². The summed E-state index contributed by atoms with van der Waals surface area (Å²) >= 11 is 3.30. The highest BCUT2D eigenvalue weighted by atomic mass is 79.9. The van der Waals surface area contributed by atoms with Gasteiger partial charge >= 0.3 is 0 Å². The maximum Gasteiger partial charge on any atom is 0.235 e. The second kappa shape index (κ2) is 10.2. The van der Waals surface area contributed by atoms with Crippen LogP contribution in [0.1, 0.15) is 32.3 Å². The summed E-state index contributed by atoms with van der Waals surface area (Å²) in [7, 11) is -3.51. The lowest BCUT2D eigenvalue weighted by Gasteiger charge is -2.18. The smallest absolute Gasteiger partial charge is 0.235 e. The minimum absolute atomic E-state index is 0.0646. The normalized spacial score (nSPS) is 13.0. The van der Waals surface area contributed by atoms with E-state index in [9.17, 15) is 13.2 Å². The van der Waals surface area contributed by atoms with Crippen molar-refractivity contribution in [1.29, 1.82) is 0 Å². The molecule has 0 aliphatic heterocycles. The number of hydrogen-bond donors (Lipinski definition) is 2. The molecule has 5 nitrogen and oxygen atoms in total. The zero-order chi connectivity index (χ0) is 18.2. The summed E-state index contributed by atoms with van der Waals surface area (Å²) in [6.45, 7) is 4.62. The van der Waals surface area contributed by atoms with Crippen LogP contribution in [0.25, 0.3) is 0 Å². The van der Waals surface area contributed by atoms with E-state index in [-0.39, 0.29) is 18.3 Å². The van der Waals surface area contributed by atoms with E-state index in [0.717, 1.165) is 10.9 Å². The minimum atomic E-state index is -3.51. The fourth-order valence-electron chi connectivity index (χ4n) is 2.55. The van der Waals surface area contributed by atoms with E-state index in [0.29, 0.717) is 24.4 Å². The van der Waals surface area contributed by atoms with E-state index in [1.807, 2.05) is 0 Å². The Morgan fingerprint density at radius 2 is 1.88 bits per heavy atom. The highest BCUT2D eigenvalue weighted by Crippen LogP contribution is 2.15. The third-order valence-electron chi connectivity index (χ3n) is 3.58. The molecular formula is C17H26BrNO4S. The first-order chi connectivity index (χ1) is 11.2. The highest BCUT2D eigenvalue weighted by Gasteiger charge is 2.19. The van der Waals surface area contributed by atoms with Crippen LogP contribution >= 0.6 is 15.9 Å². The Labute approximate surface area is 152 Å². The summed E-state index contributed by atoms with van der Waals surface area (Å²) < 4.78 is 25.1. The van der Waals surface area contributed by atoms with Gasteiger partial charge in [0.25, 0.3) is 0 Å². The predicted molar refractivity (Wildman–Crippen MR) is 99.3 cm³/mol. The molecule has 24 heavy (non-hydrogen) atoms. The minimum Gasteiger partial charge on any atom is -0.396 e. The molecular weight excluding hydrogens is 394 g/mol. The van der Waals surface area contributed by atoms with E-state index in [1.54, 1.807) is 24.3 Å². The molecule has 1 atom stereocenters. The number of nitrogens with one attached hydrogen (secondary N) is 1. The zero-order valence-corrected chi connectivity index (χ0v) is 16.6. The van der Waals surface area contributed by atoms with E-state index < -0.39 is 21.5 Å². The van der Waals surface area contributed by atoms with Gasteiger partial charge in [-0.25, -0.2) is 8.42 Å². The van der Waals surface area contributed by atoms with Crippen molar-refractivity contribution in [3.05, 3.63) is 34.3 Å². The number of hydrogen-bond acceptors (Lipinski definition) is 4. The number of rotatable bonds is 10. The van der Waals surface area contributed by atoms with Crippen LogP contribution < -0.4 is 5.32 Å². The first-order valence-corrected chi connectivity index (χ1v) is 10.7. The molecule has 1 aromatic rings. The molecule has 2 N–H and O–H groups in total. The molecule has 0 saturated carbocycles.